The number of hydrogen-bond acceptors (Lipinski definition) is 4. The Kier molecular flexibility index (Phi) is 5.19. The van der Waals surface area contributed by atoms with Gasteiger partial charge in [-0.15, -0.1) is 0 Å². The summed E-state index contributed by atoms with van der Waals surface area (Å²) >= 11 is 3.48. The molecule has 0 radical (unpaired) electrons. The van der Waals surface area contributed by atoms with E-state index >= 15 is 0 Å². The van der Waals surface area contributed by atoms with Crippen LogP contribution in [0.5, 0.6) is 5.75 Å². The Morgan fingerprint density at radius 2 is 2.08 bits per heavy atom. The van der Waals surface area contributed by atoms with Gasteiger partial charge in [0.15, 0.2) is 5.82 Å². The SMILES string of the molecule is CC(C)Oc1ccc(/C=C(/C#N)c2nc3ccccc3c(=O)[nH]2)cc1Br. The van der Waals surface area contributed by atoms with Gasteiger partial charge in [-0.3, -0.25) is 4.79 Å². The van der Waals surface area contributed by atoms with Crippen molar-refractivity contribution in [2.75, 3.05) is 0 Å². The minimum atomic E-state index is -0.270. The highest BCUT2D eigenvalue weighted by Crippen LogP contribution is 2.28. The van der Waals surface area contributed by atoms with Crippen LogP contribution in [0.3, 0.4) is 0 Å². The summed E-state index contributed by atoms with van der Waals surface area (Å²) in [4.78, 5) is 19.3. The normalized spacial score (nSPS) is 11.6. The van der Waals surface area contributed by atoms with E-state index in [-0.39, 0.29) is 23.1 Å². The maximum absolute atomic E-state index is 12.2. The van der Waals surface area contributed by atoms with Crippen LogP contribution in [0.2, 0.25) is 0 Å². The number of fused-ring (bicyclic) bond motifs is 1. The number of nitrogens with one attached hydrogen (secondary N) is 1. The molecular formula is C20H16BrN3O2. The number of nitriles is 1. The first-order valence-electron chi connectivity index (χ1n) is 8.05. The van der Waals surface area contributed by atoms with Crippen molar-refractivity contribution in [2.45, 2.75) is 20.0 Å². The maximum Gasteiger partial charge on any atom is 0.259 e. The van der Waals surface area contributed by atoms with E-state index in [4.69, 9.17) is 4.74 Å². The number of aromatic nitrogens is 2. The van der Waals surface area contributed by atoms with Gasteiger partial charge in [0.25, 0.3) is 5.56 Å². The molecule has 2 aromatic carbocycles. The number of rotatable bonds is 4. The summed E-state index contributed by atoms with van der Waals surface area (Å²) in [6.45, 7) is 3.91. The first-order chi connectivity index (χ1) is 12.5. The molecule has 0 aliphatic carbocycles. The lowest BCUT2D eigenvalue weighted by Gasteiger charge is -2.11. The average Bonchev–Trinajstić information content (AvgIpc) is 2.61. The molecule has 5 nitrogen and oxygen atoms in total. The molecule has 1 N–H and O–H groups in total. The van der Waals surface area contributed by atoms with E-state index in [1.54, 1.807) is 30.3 Å². The summed E-state index contributed by atoms with van der Waals surface area (Å²) in [6.07, 6.45) is 1.74. The van der Waals surface area contributed by atoms with Crippen molar-refractivity contribution in [2.24, 2.45) is 0 Å². The van der Waals surface area contributed by atoms with E-state index in [0.29, 0.717) is 10.9 Å². The van der Waals surface area contributed by atoms with E-state index in [2.05, 4.69) is 32.0 Å². The highest BCUT2D eigenvalue weighted by Gasteiger charge is 2.09. The number of aromatic amines is 1. The zero-order valence-electron chi connectivity index (χ0n) is 14.3. The Morgan fingerprint density at radius 3 is 2.77 bits per heavy atom. The molecule has 130 valence electrons. The Bertz CT molecular complexity index is 1090. The molecule has 3 aromatic rings. The maximum atomic E-state index is 12.2. The number of para-hydroxylation sites is 1. The topological polar surface area (TPSA) is 78.8 Å². The molecule has 0 aliphatic heterocycles. The molecule has 1 heterocycles. The Labute approximate surface area is 159 Å². The Morgan fingerprint density at radius 1 is 1.31 bits per heavy atom. The number of ether oxygens (including phenoxy) is 1. The largest absolute Gasteiger partial charge is 0.490 e. The lowest BCUT2D eigenvalue weighted by atomic mass is 10.1. The van der Waals surface area contributed by atoms with Crippen LogP contribution in [-0.2, 0) is 0 Å². The molecule has 0 saturated carbocycles. The molecule has 1 aromatic heterocycles. The third kappa shape index (κ3) is 3.84. The molecule has 0 bridgehead atoms. The fourth-order valence-corrected chi connectivity index (χ4v) is 2.98. The number of hydrogen-bond donors (Lipinski definition) is 1. The molecule has 0 atom stereocenters. The number of allylic oxidation sites excluding steroid dienone is 1. The summed E-state index contributed by atoms with van der Waals surface area (Å²) in [5.74, 6) is 0.975. The second kappa shape index (κ2) is 7.54. The molecule has 0 aliphatic rings. The van der Waals surface area contributed by atoms with Crippen LogP contribution >= 0.6 is 15.9 Å². The van der Waals surface area contributed by atoms with Gasteiger partial charge in [-0.05, 0) is 65.7 Å². The predicted octanol–water partition coefficient (Wildman–Crippen LogP) is 4.54. The van der Waals surface area contributed by atoms with Crippen molar-refractivity contribution >= 4 is 38.5 Å². The molecule has 0 unspecified atom stereocenters. The second-order valence-electron chi connectivity index (χ2n) is 5.96. The van der Waals surface area contributed by atoms with Crippen LogP contribution in [0.1, 0.15) is 25.2 Å². The van der Waals surface area contributed by atoms with Crippen molar-refractivity contribution < 1.29 is 4.74 Å². The summed E-state index contributed by atoms with van der Waals surface area (Å²) in [6, 6.07) is 14.7. The summed E-state index contributed by atoms with van der Waals surface area (Å²) in [5, 5.41) is 10.0. The van der Waals surface area contributed by atoms with Crippen LogP contribution < -0.4 is 10.3 Å². The molecule has 0 fully saturated rings. The predicted molar refractivity (Wildman–Crippen MR) is 106 cm³/mol. The van der Waals surface area contributed by atoms with Gasteiger partial charge in [0.05, 0.1) is 27.1 Å². The summed E-state index contributed by atoms with van der Waals surface area (Å²) in [5.41, 5.74) is 1.35. The van der Waals surface area contributed by atoms with Crippen molar-refractivity contribution in [1.29, 1.82) is 5.26 Å². The zero-order chi connectivity index (χ0) is 18.7. The number of H-pyrrole nitrogens is 1. The molecule has 0 spiro atoms. The quantitative estimate of drug-likeness (QED) is 0.641. The van der Waals surface area contributed by atoms with Crippen molar-refractivity contribution in [1.82, 2.24) is 9.97 Å². The van der Waals surface area contributed by atoms with Crippen molar-refractivity contribution in [3.05, 3.63) is 68.7 Å². The van der Waals surface area contributed by atoms with Crippen molar-refractivity contribution in [3.63, 3.8) is 0 Å². The second-order valence-corrected chi connectivity index (χ2v) is 6.81. The van der Waals surface area contributed by atoms with E-state index in [1.807, 2.05) is 32.0 Å². The van der Waals surface area contributed by atoms with Gasteiger partial charge in [-0.25, -0.2) is 4.98 Å². The minimum Gasteiger partial charge on any atom is -0.490 e. The minimum absolute atomic E-state index is 0.0641. The lowest BCUT2D eigenvalue weighted by Crippen LogP contribution is -2.11. The highest BCUT2D eigenvalue weighted by atomic mass is 79.9. The highest BCUT2D eigenvalue weighted by molar-refractivity contribution is 9.10. The molecule has 26 heavy (non-hydrogen) atoms. The molecule has 3 rings (SSSR count). The van der Waals surface area contributed by atoms with Gasteiger partial charge in [0.2, 0.25) is 0 Å². The van der Waals surface area contributed by atoms with Gasteiger partial charge < -0.3 is 9.72 Å². The van der Waals surface area contributed by atoms with Crippen LogP contribution in [0.25, 0.3) is 22.6 Å². The molecular weight excluding hydrogens is 394 g/mol. The first kappa shape index (κ1) is 17.9. The van der Waals surface area contributed by atoms with E-state index in [1.165, 1.54) is 0 Å². The molecule has 0 saturated heterocycles. The smallest absolute Gasteiger partial charge is 0.259 e. The van der Waals surface area contributed by atoms with E-state index in [9.17, 15) is 10.1 Å². The first-order valence-corrected chi connectivity index (χ1v) is 8.84. The molecule has 0 amide bonds. The Balaban J connectivity index is 2.03. The third-order valence-corrected chi connectivity index (χ3v) is 4.24. The van der Waals surface area contributed by atoms with E-state index in [0.717, 1.165) is 15.8 Å². The monoisotopic (exact) mass is 409 g/mol. The van der Waals surface area contributed by atoms with Crippen LogP contribution in [0.4, 0.5) is 0 Å². The Hall–Kier alpha value is -2.91. The fraction of sp³-hybridized carbons (Fsp3) is 0.150. The van der Waals surface area contributed by atoms with Crippen LogP contribution in [0.15, 0.2) is 51.7 Å². The van der Waals surface area contributed by atoms with Crippen LogP contribution in [-0.4, -0.2) is 16.1 Å². The number of halogens is 1. The van der Waals surface area contributed by atoms with Gasteiger partial charge in [0, 0.05) is 0 Å². The van der Waals surface area contributed by atoms with Crippen molar-refractivity contribution in [3.8, 4) is 11.8 Å². The van der Waals surface area contributed by atoms with Crippen LogP contribution in [0, 0.1) is 11.3 Å². The van der Waals surface area contributed by atoms with Gasteiger partial charge in [-0.1, -0.05) is 18.2 Å². The van der Waals surface area contributed by atoms with Gasteiger partial charge in [0.1, 0.15) is 11.8 Å². The number of benzene rings is 2. The average molecular weight is 410 g/mol. The zero-order valence-corrected chi connectivity index (χ0v) is 15.9. The number of nitrogens with zero attached hydrogens (tertiary/aromatic N) is 2. The summed E-state index contributed by atoms with van der Waals surface area (Å²) < 4.78 is 6.48. The summed E-state index contributed by atoms with van der Waals surface area (Å²) in [7, 11) is 0. The fourth-order valence-electron chi connectivity index (χ4n) is 2.49. The standard InChI is InChI=1S/C20H16BrN3O2/c1-12(2)26-18-8-7-13(10-16(18)21)9-14(11-22)19-23-17-6-4-3-5-15(17)20(25)24-19/h3-10,12H,1-2H3,(H,23,24,25)/b14-9-. The van der Waals surface area contributed by atoms with Gasteiger partial charge >= 0.3 is 0 Å². The third-order valence-electron chi connectivity index (χ3n) is 3.62. The molecule has 6 heteroatoms. The van der Waals surface area contributed by atoms with E-state index < -0.39 is 0 Å². The van der Waals surface area contributed by atoms with Gasteiger partial charge in [-0.2, -0.15) is 5.26 Å². The lowest BCUT2D eigenvalue weighted by molar-refractivity contribution is 0.241.